The van der Waals surface area contributed by atoms with Gasteiger partial charge in [0.2, 0.25) is 0 Å². The molecule has 3 rings (SSSR count). The minimum atomic E-state index is -4.68. The van der Waals surface area contributed by atoms with Gasteiger partial charge in [-0.15, -0.1) is 0 Å². The highest BCUT2D eigenvalue weighted by molar-refractivity contribution is 7.52. The first-order valence-electron chi connectivity index (χ1n) is 11.4. The fraction of sp³-hybridized carbons (Fsp3) is 0.500. The normalized spacial score (nSPS) is 25.8. The zero-order valence-corrected chi connectivity index (χ0v) is 21.5. The van der Waals surface area contributed by atoms with E-state index in [1.165, 1.54) is 31.2 Å². The van der Waals surface area contributed by atoms with Crippen molar-refractivity contribution in [3.05, 3.63) is 53.1 Å². The number of carbonyl (C=O) groups is 1. The van der Waals surface area contributed by atoms with Crippen molar-refractivity contribution in [3.8, 4) is 5.75 Å². The van der Waals surface area contributed by atoms with Gasteiger partial charge < -0.3 is 24.8 Å². The topological polar surface area (TPSA) is 164 Å². The summed E-state index contributed by atoms with van der Waals surface area (Å²) in [6, 6.07) is 7.24. The van der Waals surface area contributed by atoms with Gasteiger partial charge >= 0.3 is 19.4 Å². The van der Waals surface area contributed by atoms with Crippen molar-refractivity contribution < 1.29 is 46.2 Å². The molecule has 4 N–H and O–H groups in total. The Labute approximate surface area is 215 Å². The van der Waals surface area contributed by atoms with Gasteiger partial charge in [-0.25, -0.2) is 22.5 Å². The first-order valence-corrected chi connectivity index (χ1v) is 12.9. The average Bonchev–Trinajstić information content (AvgIpc) is 3.09. The van der Waals surface area contributed by atoms with Crippen LogP contribution in [0.25, 0.3) is 0 Å². The second kappa shape index (κ2) is 11.8. The van der Waals surface area contributed by atoms with Crippen molar-refractivity contribution in [2.45, 2.75) is 63.4 Å². The summed E-state index contributed by atoms with van der Waals surface area (Å²) in [4.78, 5) is 27.8. The zero-order chi connectivity index (χ0) is 28.3. The molecule has 0 saturated carbocycles. The predicted molar refractivity (Wildman–Crippen MR) is 127 cm³/mol. The Hall–Kier alpha value is -2.97. The van der Waals surface area contributed by atoms with Crippen LogP contribution in [0, 0.1) is 0 Å². The molecule has 1 unspecified atom stereocenters. The number of hydrogen-bond acceptors (Lipinski definition) is 10. The highest BCUT2D eigenvalue weighted by Crippen LogP contribution is 2.49. The van der Waals surface area contributed by atoms with Gasteiger partial charge in [-0.1, -0.05) is 18.2 Å². The molecule has 0 radical (unpaired) electrons. The zero-order valence-electron chi connectivity index (χ0n) is 20.6. The van der Waals surface area contributed by atoms with E-state index in [1.807, 2.05) is 0 Å². The molecule has 0 spiro atoms. The van der Waals surface area contributed by atoms with E-state index in [0.29, 0.717) is 4.57 Å². The van der Waals surface area contributed by atoms with Gasteiger partial charge in [-0.05, 0) is 39.0 Å². The van der Waals surface area contributed by atoms with Crippen LogP contribution in [-0.2, 0) is 23.4 Å². The van der Waals surface area contributed by atoms with Crippen molar-refractivity contribution in [3.63, 3.8) is 0 Å². The molecule has 210 valence electrons. The molecule has 0 aliphatic carbocycles. The molecular weight excluding hydrogens is 536 g/mol. The SMILES string of the molecule is CC(C)OC(=O)[C@H](C)NP(=O)(OC[C@@]1(C(F)F)O[C@@H](n2ccc(N)nc2=O)[C@H](F)[C@@H]1O)Oc1ccccc1. The third-order valence-electron chi connectivity index (χ3n) is 5.40. The third kappa shape index (κ3) is 6.53. The molecule has 2 aromatic rings. The van der Waals surface area contributed by atoms with E-state index in [-0.39, 0.29) is 11.6 Å². The van der Waals surface area contributed by atoms with Crippen molar-refractivity contribution >= 4 is 19.5 Å². The second-order valence-corrected chi connectivity index (χ2v) is 10.4. The summed E-state index contributed by atoms with van der Waals surface area (Å²) in [7, 11) is -4.68. The molecule has 12 nitrogen and oxygen atoms in total. The number of benzene rings is 1. The number of esters is 1. The molecule has 1 aromatic heterocycles. The maximum Gasteiger partial charge on any atom is 0.459 e. The average molecular weight is 564 g/mol. The van der Waals surface area contributed by atoms with Crippen LogP contribution < -0.4 is 21.0 Å². The standard InChI is InChI=1S/C22H28F3N4O8P/c1-12(2)35-19(31)13(3)28-38(33,37-14-7-5-4-6-8-14)34-11-22(20(24)25)17(30)16(23)18(36-22)29-10-9-15(26)27-21(29)32/h4-10,12-13,16-18,20,30H,11H2,1-3H3,(H,28,33)(H2,26,27,32)/t13-,16+,17-,18+,22+,38?/m0/s1. The first kappa shape index (κ1) is 29.6. The number of aliphatic hydroxyl groups excluding tert-OH is 1. The smallest absolute Gasteiger partial charge is 0.459 e. The number of nitrogens with zero attached hydrogens (tertiary/aromatic N) is 2. The van der Waals surface area contributed by atoms with Crippen molar-refractivity contribution in [2.24, 2.45) is 0 Å². The van der Waals surface area contributed by atoms with E-state index in [2.05, 4.69) is 10.1 Å². The van der Waals surface area contributed by atoms with Gasteiger partial charge in [0.1, 0.15) is 23.7 Å². The van der Waals surface area contributed by atoms with Crippen LogP contribution >= 0.6 is 7.75 Å². The number of para-hydroxylation sites is 1. The minimum absolute atomic E-state index is 0.0208. The number of aliphatic hydroxyl groups is 1. The number of nitrogens with two attached hydrogens (primary N) is 1. The van der Waals surface area contributed by atoms with Crippen molar-refractivity contribution in [1.29, 1.82) is 0 Å². The quantitative estimate of drug-likeness (QED) is 0.271. The fourth-order valence-electron chi connectivity index (χ4n) is 3.50. The lowest BCUT2D eigenvalue weighted by Gasteiger charge is -2.32. The van der Waals surface area contributed by atoms with Crippen LogP contribution in [0.3, 0.4) is 0 Å². The number of anilines is 1. The summed E-state index contributed by atoms with van der Waals surface area (Å²) in [6.45, 7) is 3.06. The Balaban J connectivity index is 1.90. The monoisotopic (exact) mass is 564 g/mol. The van der Waals surface area contributed by atoms with Gasteiger partial charge in [0.05, 0.1) is 12.7 Å². The number of nitrogen functional groups attached to an aromatic ring is 1. The summed E-state index contributed by atoms with van der Waals surface area (Å²) in [5.41, 5.74) is 1.19. The van der Waals surface area contributed by atoms with E-state index in [0.717, 1.165) is 12.3 Å². The van der Waals surface area contributed by atoms with Crippen molar-refractivity contribution in [1.82, 2.24) is 14.6 Å². The molecule has 0 bridgehead atoms. The minimum Gasteiger partial charge on any atom is -0.462 e. The van der Waals surface area contributed by atoms with Crippen LogP contribution in [-0.4, -0.2) is 63.7 Å². The molecule has 16 heteroatoms. The number of ether oxygens (including phenoxy) is 2. The number of halogens is 3. The van der Waals surface area contributed by atoms with Crippen LogP contribution in [0.4, 0.5) is 19.0 Å². The maximum absolute atomic E-state index is 15.0. The lowest BCUT2D eigenvalue weighted by molar-refractivity contribution is -0.192. The van der Waals surface area contributed by atoms with E-state index in [1.54, 1.807) is 19.9 Å². The summed E-state index contributed by atoms with van der Waals surface area (Å²) >= 11 is 0. The Morgan fingerprint density at radius 2 is 1.95 bits per heavy atom. The number of carbonyl (C=O) groups excluding carboxylic acids is 1. The van der Waals surface area contributed by atoms with Crippen LogP contribution in [0.5, 0.6) is 5.75 Å². The van der Waals surface area contributed by atoms with E-state index < -0.39 is 68.7 Å². The predicted octanol–water partition coefficient (Wildman–Crippen LogP) is 2.19. The third-order valence-corrected chi connectivity index (χ3v) is 7.02. The van der Waals surface area contributed by atoms with Gasteiger partial charge in [-0.2, -0.15) is 10.1 Å². The summed E-state index contributed by atoms with van der Waals surface area (Å²) in [5.74, 6) is -1.08. The van der Waals surface area contributed by atoms with E-state index in [9.17, 15) is 28.0 Å². The fourth-order valence-corrected chi connectivity index (χ4v) is 5.03. The largest absolute Gasteiger partial charge is 0.462 e. The molecule has 38 heavy (non-hydrogen) atoms. The number of hydrogen-bond donors (Lipinski definition) is 3. The number of nitrogens with one attached hydrogen (secondary N) is 1. The molecule has 1 saturated heterocycles. The van der Waals surface area contributed by atoms with Gasteiger partial charge in [0, 0.05) is 6.20 Å². The summed E-state index contributed by atoms with van der Waals surface area (Å²) in [6.07, 6.45) is -10.3. The number of rotatable bonds is 11. The molecular formula is C22H28F3N4O8P. The molecule has 0 amide bonds. The lowest BCUT2D eigenvalue weighted by Crippen LogP contribution is -2.52. The Morgan fingerprint density at radius 3 is 2.53 bits per heavy atom. The first-order chi connectivity index (χ1) is 17.8. The molecule has 1 fully saturated rings. The Bertz CT molecular complexity index is 1220. The highest BCUT2D eigenvalue weighted by Gasteiger charge is 2.62. The summed E-state index contributed by atoms with van der Waals surface area (Å²) in [5, 5.41) is 12.8. The molecule has 1 aliphatic heterocycles. The van der Waals surface area contributed by atoms with E-state index >= 15 is 4.39 Å². The summed E-state index contributed by atoms with van der Waals surface area (Å²) < 4.78 is 78.7. The second-order valence-electron chi connectivity index (χ2n) is 8.71. The van der Waals surface area contributed by atoms with Gasteiger partial charge in [0.15, 0.2) is 18.0 Å². The molecule has 1 aromatic carbocycles. The van der Waals surface area contributed by atoms with Crippen molar-refractivity contribution in [2.75, 3.05) is 12.3 Å². The van der Waals surface area contributed by atoms with Crippen LogP contribution in [0.2, 0.25) is 0 Å². The Morgan fingerprint density at radius 1 is 1.29 bits per heavy atom. The lowest BCUT2D eigenvalue weighted by atomic mass is 9.97. The molecule has 6 atom stereocenters. The van der Waals surface area contributed by atoms with Crippen LogP contribution in [0.1, 0.15) is 27.0 Å². The van der Waals surface area contributed by atoms with Crippen LogP contribution in [0.15, 0.2) is 47.4 Å². The van der Waals surface area contributed by atoms with E-state index in [4.69, 9.17) is 24.3 Å². The molecule has 1 aliphatic rings. The highest BCUT2D eigenvalue weighted by atomic mass is 31.2. The number of alkyl halides is 3. The molecule has 2 heterocycles. The van der Waals surface area contributed by atoms with Gasteiger partial charge in [-0.3, -0.25) is 13.9 Å². The maximum atomic E-state index is 15.0. The number of aromatic nitrogens is 2. The Kier molecular flexibility index (Phi) is 9.21. The van der Waals surface area contributed by atoms with Gasteiger partial charge in [0.25, 0.3) is 6.43 Å².